The van der Waals surface area contributed by atoms with Gasteiger partial charge in [0.05, 0.1) is 30.5 Å². The van der Waals surface area contributed by atoms with Crippen molar-refractivity contribution in [3.8, 4) is 5.75 Å². The van der Waals surface area contributed by atoms with E-state index in [2.05, 4.69) is 42.0 Å². The van der Waals surface area contributed by atoms with Gasteiger partial charge in [0, 0.05) is 75.7 Å². The Bertz CT molecular complexity index is 2130. The van der Waals surface area contributed by atoms with Crippen LogP contribution >= 0.6 is 0 Å². The second-order valence-electron chi connectivity index (χ2n) is 20.1. The number of cyclic esters (lactones) is 1. The van der Waals surface area contributed by atoms with Crippen molar-refractivity contribution < 1.29 is 62.9 Å². The van der Waals surface area contributed by atoms with Gasteiger partial charge in [0.15, 0.2) is 0 Å². The standard InChI is InChI=1S/C53H78N2O13/c1-11-36-24-30(3)47(58)31(4)25-45(64-9)49-46(65-10)26-33(6)53(62,68-49)50(59)51(60)55-21-14-13-15-40(55)52(61)67-48(34(7)41(56)29-42(36)57)32(5)23-35-16-19-43(44(27-35)63-8)66-38-17-18-39-37(28-38)20-22-54(39)12-2/h17-18,20,22-24,28,31,33-36,40-41,43-49,56,58,62H,11-16,19,21,25-27,29H2,1-10H3/b30-24+,32-23?. The molecule has 15 heteroatoms. The Kier molecular flexibility index (Phi) is 18.3. The fourth-order valence-electron chi connectivity index (χ4n) is 11.1. The Morgan fingerprint density at radius 2 is 1.60 bits per heavy atom. The number of hydrogen-bond donors (Lipinski definition) is 3. The van der Waals surface area contributed by atoms with E-state index in [0.29, 0.717) is 43.3 Å². The minimum Gasteiger partial charge on any atom is -0.488 e. The van der Waals surface area contributed by atoms with Crippen molar-refractivity contribution in [2.24, 2.45) is 29.6 Å². The molecule has 378 valence electrons. The van der Waals surface area contributed by atoms with Gasteiger partial charge in [-0.15, -0.1) is 0 Å². The molecule has 0 radical (unpaired) electrons. The summed E-state index contributed by atoms with van der Waals surface area (Å²) in [7, 11) is 4.63. The first kappa shape index (κ1) is 53.4. The average Bonchev–Trinajstić information content (AvgIpc) is 3.76. The number of benzene rings is 1. The van der Waals surface area contributed by atoms with Crippen molar-refractivity contribution in [2.75, 3.05) is 27.9 Å². The van der Waals surface area contributed by atoms with E-state index in [0.717, 1.165) is 29.6 Å². The number of aromatic nitrogens is 1. The lowest BCUT2D eigenvalue weighted by atomic mass is 9.81. The molecular formula is C53H78N2O13. The van der Waals surface area contributed by atoms with Crippen LogP contribution in [0.25, 0.3) is 10.9 Å². The van der Waals surface area contributed by atoms with E-state index in [4.69, 9.17) is 28.4 Å². The number of ether oxygens (including phenoxy) is 6. The topological polar surface area (TPSA) is 193 Å². The van der Waals surface area contributed by atoms with Gasteiger partial charge in [-0.2, -0.15) is 0 Å². The van der Waals surface area contributed by atoms with E-state index >= 15 is 0 Å². The van der Waals surface area contributed by atoms with Crippen LogP contribution in [0.4, 0.5) is 0 Å². The molecule has 15 atom stereocenters. The summed E-state index contributed by atoms with van der Waals surface area (Å²) in [6.45, 7) is 13.7. The fourth-order valence-corrected chi connectivity index (χ4v) is 11.1. The third-order valence-electron chi connectivity index (χ3n) is 15.5. The predicted octanol–water partition coefficient (Wildman–Crippen LogP) is 6.51. The second kappa shape index (κ2) is 23.3. The third kappa shape index (κ3) is 11.6. The van der Waals surface area contributed by atoms with Gasteiger partial charge >= 0.3 is 5.97 Å². The van der Waals surface area contributed by atoms with Gasteiger partial charge in [-0.05, 0) is 126 Å². The molecule has 68 heavy (non-hydrogen) atoms. The lowest BCUT2D eigenvalue weighted by molar-refractivity contribution is -0.302. The number of aliphatic hydroxyl groups excluding tert-OH is 2. The third-order valence-corrected chi connectivity index (χ3v) is 15.5. The van der Waals surface area contributed by atoms with Crippen LogP contribution in [0.1, 0.15) is 113 Å². The van der Waals surface area contributed by atoms with Crippen molar-refractivity contribution in [3.63, 3.8) is 0 Å². The van der Waals surface area contributed by atoms with Crippen LogP contribution in [-0.2, 0) is 49.4 Å². The zero-order chi connectivity index (χ0) is 49.6. The largest absolute Gasteiger partial charge is 0.488 e. The van der Waals surface area contributed by atoms with Crippen molar-refractivity contribution >= 4 is 34.3 Å². The van der Waals surface area contributed by atoms with E-state index < -0.39 is 89.8 Å². The molecule has 0 spiro atoms. The lowest BCUT2D eigenvalue weighted by Crippen LogP contribution is -2.64. The smallest absolute Gasteiger partial charge is 0.329 e. The lowest BCUT2D eigenvalue weighted by Gasteiger charge is -2.47. The highest BCUT2D eigenvalue weighted by Gasteiger charge is 2.57. The summed E-state index contributed by atoms with van der Waals surface area (Å²) < 4.78 is 39.1. The molecule has 1 aromatic heterocycles. The Balaban J connectivity index is 1.31. The van der Waals surface area contributed by atoms with Crippen LogP contribution in [0.3, 0.4) is 0 Å². The van der Waals surface area contributed by atoms with Crippen LogP contribution in [-0.4, -0.2) is 137 Å². The number of piperidine rings is 1. The number of allylic oxidation sites excluding steroid dienone is 2. The highest BCUT2D eigenvalue weighted by atomic mass is 16.7. The number of amides is 1. The quantitative estimate of drug-likeness (QED) is 0.140. The molecule has 3 aliphatic heterocycles. The number of ketones is 2. The number of carbonyl (C=O) groups is 4. The van der Waals surface area contributed by atoms with Gasteiger partial charge in [-0.1, -0.05) is 39.8 Å². The molecule has 1 aliphatic carbocycles. The molecule has 2 saturated heterocycles. The first-order valence-electron chi connectivity index (χ1n) is 24.9. The second-order valence-corrected chi connectivity index (χ2v) is 20.1. The Labute approximate surface area is 402 Å². The number of fused-ring (bicyclic) bond motifs is 4. The molecule has 15 nitrogen and oxygen atoms in total. The number of esters is 1. The van der Waals surface area contributed by atoms with Gasteiger partial charge in [0.1, 0.15) is 35.9 Å². The van der Waals surface area contributed by atoms with Crippen molar-refractivity contribution in [3.05, 3.63) is 53.8 Å². The van der Waals surface area contributed by atoms with Crippen molar-refractivity contribution in [2.45, 2.75) is 180 Å². The average molecular weight is 951 g/mol. The number of aliphatic hydroxyl groups is 3. The first-order chi connectivity index (χ1) is 32.4. The molecule has 6 rings (SSSR count). The predicted molar refractivity (Wildman–Crippen MR) is 255 cm³/mol. The van der Waals surface area contributed by atoms with E-state index in [1.54, 1.807) is 34.0 Å². The minimum absolute atomic E-state index is 0.00932. The maximum atomic E-state index is 14.6. The Hall–Kier alpha value is -3.96. The molecule has 3 fully saturated rings. The van der Waals surface area contributed by atoms with Gasteiger partial charge in [0.25, 0.3) is 11.7 Å². The summed E-state index contributed by atoms with van der Waals surface area (Å²) in [4.78, 5) is 58.6. The summed E-state index contributed by atoms with van der Waals surface area (Å²) in [6.07, 6.45) is 3.62. The van der Waals surface area contributed by atoms with Crippen molar-refractivity contribution in [1.29, 1.82) is 0 Å². The van der Waals surface area contributed by atoms with E-state index in [-0.39, 0.29) is 56.1 Å². The Morgan fingerprint density at radius 3 is 2.28 bits per heavy atom. The maximum Gasteiger partial charge on any atom is 0.329 e. The van der Waals surface area contributed by atoms with Crippen LogP contribution in [0.5, 0.6) is 5.75 Å². The van der Waals surface area contributed by atoms with Gasteiger partial charge in [-0.3, -0.25) is 14.4 Å². The molecule has 3 N–H and O–H groups in total. The molecule has 2 bridgehead atoms. The SMILES string of the molecule is CCC1/C=C(\C)C(O)C(C)CC(OC)C2OC(O)(C(=O)C(=O)N3CCCCC3C(=O)OC(C(C)=CC3CCC(Oc4ccc5c(ccn5CC)c4)C(OC)C3)C(C)C(O)CC1=O)C(C)CC2OC. The monoisotopic (exact) mass is 951 g/mol. The number of aryl methyl sites for hydroxylation is 1. The minimum atomic E-state index is -2.58. The van der Waals surface area contributed by atoms with Crippen molar-refractivity contribution in [1.82, 2.24) is 9.47 Å². The molecule has 4 aliphatic rings. The van der Waals surface area contributed by atoms with Crippen LogP contribution in [0.15, 0.2) is 53.8 Å². The van der Waals surface area contributed by atoms with E-state index in [1.165, 1.54) is 19.1 Å². The molecule has 1 aromatic carbocycles. The fraction of sp³-hybridized carbons (Fsp3) is 0.698. The van der Waals surface area contributed by atoms with E-state index in [1.807, 2.05) is 26.8 Å². The zero-order valence-corrected chi connectivity index (χ0v) is 41.9. The molecule has 2 aromatic rings. The summed E-state index contributed by atoms with van der Waals surface area (Å²) in [5, 5.41) is 36.7. The van der Waals surface area contributed by atoms with E-state index in [9.17, 15) is 34.5 Å². The molecular weight excluding hydrogens is 873 g/mol. The molecule has 1 saturated carbocycles. The summed E-state index contributed by atoms with van der Waals surface area (Å²) in [6, 6.07) is 7.02. The zero-order valence-electron chi connectivity index (χ0n) is 41.9. The molecule has 1 amide bonds. The van der Waals surface area contributed by atoms with Gasteiger partial charge in [0.2, 0.25) is 5.79 Å². The normalized spacial score (nSPS) is 37.5. The van der Waals surface area contributed by atoms with Gasteiger partial charge < -0.3 is 53.2 Å². The highest BCUT2D eigenvalue weighted by Crippen LogP contribution is 2.40. The molecule has 15 unspecified atom stereocenters. The number of rotatable bonds is 9. The first-order valence-corrected chi connectivity index (χ1v) is 24.9. The summed E-state index contributed by atoms with van der Waals surface area (Å²) >= 11 is 0. The Morgan fingerprint density at radius 1 is 0.897 bits per heavy atom. The number of Topliss-reactive ketones (excluding diaryl/α,β-unsaturated/α-hetero) is 2. The van der Waals surface area contributed by atoms with Crippen LogP contribution in [0, 0.1) is 29.6 Å². The number of carbonyl (C=O) groups excluding carboxylic acids is 4. The van der Waals surface area contributed by atoms with Crippen LogP contribution < -0.4 is 4.74 Å². The van der Waals surface area contributed by atoms with Crippen LogP contribution in [0.2, 0.25) is 0 Å². The highest BCUT2D eigenvalue weighted by molar-refractivity contribution is 6.39. The number of methoxy groups -OCH3 is 3. The number of hydrogen-bond acceptors (Lipinski definition) is 13. The summed E-state index contributed by atoms with van der Waals surface area (Å²) in [5.74, 6) is -7.80. The maximum absolute atomic E-state index is 14.6. The van der Waals surface area contributed by atoms with Gasteiger partial charge in [-0.25, -0.2) is 4.79 Å². The molecule has 4 heterocycles. The number of nitrogens with zero attached hydrogens (tertiary/aromatic N) is 2. The summed E-state index contributed by atoms with van der Waals surface area (Å²) in [5.41, 5.74) is 2.36.